The summed E-state index contributed by atoms with van der Waals surface area (Å²) in [6.07, 6.45) is 0.675. The summed E-state index contributed by atoms with van der Waals surface area (Å²) >= 11 is 0. The van der Waals surface area contributed by atoms with Gasteiger partial charge in [0.05, 0.1) is 12.7 Å². The van der Waals surface area contributed by atoms with Gasteiger partial charge in [0.25, 0.3) is 0 Å². The molecule has 0 aromatic heterocycles. The molecule has 31 heavy (non-hydrogen) atoms. The van der Waals surface area contributed by atoms with Crippen molar-refractivity contribution in [2.75, 3.05) is 20.3 Å². The van der Waals surface area contributed by atoms with Crippen LogP contribution in [-0.2, 0) is 25.4 Å². The highest BCUT2D eigenvalue weighted by atomic mass is 16.6. The van der Waals surface area contributed by atoms with Gasteiger partial charge in [-0.25, -0.2) is 9.59 Å². The molecule has 1 aliphatic rings. The number of carbonyl (C=O) groups is 2. The maximum Gasteiger partial charge on any atom is 0.410 e. The minimum absolute atomic E-state index is 0.0767. The van der Waals surface area contributed by atoms with E-state index >= 15 is 0 Å². The lowest BCUT2D eigenvalue weighted by molar-refractivity contribution is -0.155. The van der Waals surface area contributed by atoms with E-state index in [-0.39, 0.29) is 18.6 Å². The van der Waals surface area contributed by atoms with Crippen molar-refractivity contribution >= 4 is 22.8 Å². The van der Waals surface area contributed by atoms with Gasteiger partial charge in [-0.05, 0) is 62.8 Å². The lowest BCUT2D eigenvalue weighted by atomic mass is 9.92. The average Bonchev–Trinajstić information content (AvgIpc) is 2.75. The molecule has 3 rings (SSSR count). The number of amides is 1. The third-order valence-corrected chi connectivity index (χ3v) is 5.42. The van der Waals surface area contributed by atoms with Crippen molar-refractivity contribution in [1.82, 2.24) is 4.90 Å². The summed E-state index contributed by atoms with van der Waals surface area (Å²) in [4.78, 5) is 26.4. The number of cyclic esters (lactones) is 1. The van der Waals surface area contributed by atoms with Crippen molar-refractivity contribution in [3.05, 3.63) is 48.0 Å². The molecule has 0 N–H and O–H groups in total. The first-order valence-electron chi connectivity index (χ1n) is 10.8. The predicted octanol–water partition coefficient (Wildman–Crippen LogP) is 4.59. The first-order valence-corrected chi connectivity index (χ1v) is 10.8. The molecule has 0 aliphatic carbocycles. The fourth-order valence-electron chi connectivity index (χ4n) is 3.93. The Labute approximate surface area is 184 Å². The number of rotatable bonds is 3. The highest BCUT2D eigenvalue weighted by Crippen LogP contribution is 2.25. The molecule has 1 heterocycles. The zero-order valence-corrected chi connectivity index (χ0v) is 19.1. The summed E-state index contributed by atoms with van der Waals surface area (Å²) < 4.78 is 17.0. The SMILES string of the molecule is CC1CC(Cc2cccc3ccccc23)COC[C@H](N(C)C(=O)OC(C)(C)C)C(=O)O1. The summed E-state index contributed by atoms with van der Waals surface area (Å²) in [5.41, 5.74) is 0.609. The number of ether oxygens (including phenoxy) is 3. The minimum atomic E-state index is -0.839. The first-order chi connectivity index (χ1) is 14.6. The van der Waals surface area contributed by atoms with Gasteiger partial charge in [-0.1, -0.05) is 42.5 Å². The Hall–Kier alpha value is -2.60. The predicted molar refractivity (Wildman–Crippen MR) is 120 cm³/mol. The van der Waals surface area contributed by atoms with Crippen LogP contribution in [-0.4, -0.2) is 55.0 Å². The van der Waals surface area contributed by atoms with E-state index in [1.165, 1.54) is 21.2 Å². The Balaban J connectivity index is 1.71. The number of fused-ring (bicyclic) bond motifs is 1. The lowest BCUT2D eigenvalue weighted by Crippen LogP contribution is -2.48. The van der Waals surface area contributed by atoms with E-state index in [0.717, 1.165) is 6.42 Å². The molecule has 0 radical (unpaired) electrons. The standard InChI is InChI=1S/C25H33NO5/c1-17-13-18(14-20-11-8-10-19-9-6-7-12-21(19)20)15-29-16-22(23(27)30-17)26(5)24(28)31-25(2,3)4/h6-12,17-18,22H,13-16H2,1-5H3/t17?,18?,22-/m0/s1. The molecule has 1 aliphatic heterocycles. The van der Waals surface area contributed by atoms with Gasteiger partial charge >= 0.3 is 12.1 Å². The molecule has 2 unspecified atom stereocenters. The van der Waals surface area contributed by atoms with Crippen molar-refractivity contribution in [3.8, 4) is 0 Å². The van der Waals surface area contributed by atoms with Gasteiger partial charge in [0.2, 0.25) is 0 Å². The van der Waals surface area contributed by atoms with E-state index in [4.69, 9.17) is 14.2 Å². The van der Waals surface area contributed by atoms with Gasteiger partial charge in [0, 0.05) is 13.7 Å². The topological polar surface area (TPSA) is 65.1 Å². The van der Waals surface area contributed by atoms with E-state index in [1.807, 2.05) is 19.1 Å². The zero-order chi connectivity index (χ0) is 22.6. The second-order valence-electron chi connectivity index (χ2n) is 9.34. The van der Waals surface area contributed by atoms with E-state index in [2.05, 4.69) is 30.3 Å². The molecule has 0 saturated carbocycles. The normalized spacial score (nSPS) is 22.7. The van der Waals surface area contributed by atoms with Crippen molar-refractivity contribution in [2.24, 2.45) is 5.92 Å². The molecule has 168 valence electrons. The van der Waals surface area contributed by atoms with Crippen LogP contribution in [0.5, 0.6) is 0 Å². The van der Waals surface area contributed by atoms with Gasteiger partial charge in [0.1, 0.15) is 5.60 Å². The van der Waals surface area contributed by atoms with Crippen LogP contribution in [0.2, 0.25) is 0 Å². The van der Waals surface area contributed by atoms with E-state index in [1.54, 1.807) is 27.8 Å². The number of esters is 1. The molecule has 6 nitrogen and oxygen atoms in total. The van der Waals surface area contributed by atoms with Crippen LogP contribution in [0.15, 0.2) is 42.5 Å². The van der Waals surface area contributed by atoms with Gasteiger partial charge in [-0.2, -0.15) is 0 Å². The van der Waals surface area contributed by atoms with Gasteiger partial charge in [-0.3, -0.25) is 4.90 Å². The Morgan fingerprint density at radius 3 is 2.58 bits per heavy atom. The highest BCUT2D eigenvalue weighted by molar-refractivity contribution is 5.85. The van der Waals surface area contributed by atoms with Crippen molar-refractivity contribution in [3.63, 3.8) is 0 Å². The smallest absolute Gasteiger partial charge is 0.410 e. The maximum atomic E-state index is 12.7. The average molecular weight is 428 g/mol. The zero-order valence-electron chi connectivity index (χ0n) is 19.1. The molecule has 2 aromatic carbocycles. The molecule has 2 aromatic rings. The largest absolute Gasteiger partial charge is 0.461 e. The second kappa shape index (κ2) is 9.69. The number of hydrogen-bond donors (Lipinski definition) is 0. The summed E-state index contributed by atoms with van der Waals surface area (Å²) in [6, 6.07) is 13.8. The Bertz CT molecular complexity index is 914. The van der Waals surface area contributed by atoms with Gasteiger partial charge < -0.3 is 14.2 Å². The molecule has 6 heteroatoms. The van der Waals surface area contributed by atoms with Crippen molar-refractivity contribution in [2.45, 2.75) is 58.3 Å². The van der Waals surface area contributed by atoms with Crippen LogP contribution in [0.25, 0.3) is 10.8 Å². The van der Waals surface area contributed by atoms with Crippen LogP contribution in [0.4, 0.5) is 4.79 Å². The van der Waals surface area contributed by atoms with Crippen LogP contribution < -0.4 is 0 Å². The van der Waals surface area contributed by atoms with Crippen LogP contribution in [0.1, 0.15) is 39.7 Å². The second-order valence-corrected chi connectivity index (χ2v) is 9.34. The van der Waals surface area contributed by atoms with E-state index in [9.17, 15) is 9.59 Å². The highest BCUT2D eigenvalue weighted by Gasteiger charge is 2.34. The number of likely N-dealkylation sites (N-methyl/N-ethyl adjacent to an activating group) is 1. The van der Waals surface area contributed by atoms with Gasteiger partial charge in [-0.15, -0.1) is 0 Å². The number of benzene rings is 2. The Morgan fingerprint density at radius 2 is 1.84 bits per heavy atom. The van der Waals surface area contributed by atoms with Crippen molar-refractivity contribution < 1.29 is 23.8 Å². The van der Waals surface area contributed by atoms with Crippen molar-refractivity contribution in [1.29, 1.82) is 0 Å². The molecule has 1 amide bonds. The lowest BCUT2D eigenvalue weighted by Gasteiger charge is -2.29. The Kier molecular flexibility index (Phi) is 7.21. The molecule has 1 fully saturated rings. The number of nitrogens with zero attached hydrogens (tertiary/aromatic N) is 1. The molecule has 1 saturated heterocycles. The minimum Gasteiger partial charge on any atom is -0.461 e. The molecular formula is C25H33NO5. The summed E-state index contributed by atoms with van der Waals surface area (Å²) in [5, 5.41) is 2.44. The molecule has 0 bridgehead atoms. The maximum absolute atomic E-state index is 12.7. The first kappa shape index (κ1) is 23.1. The van der Waals surface area contributed by atoms with E-state index in [0.29, 0.717) is 13.0 Å². The fraction of sp³-hybridized carbons (Fsp3) is 0.520. The number of carbonyl (C=O) groups excluding carboxylic acids is 2. The van der Waals surface area contributed by atoms with E-state index < -0.39 is 23.7 Å². The molecular weight excluding hydrogens is 394 g/mol. The van der Waals surface area contributed by atoms with Gasteiger partial charge in [0.15, 0.2) is 6.04 Å². The third-order valence-electron chi connectivity index (χ3n) is 5.42. The third kappa shape index (κ3) is 6.20. The monoisotopic (exact) mass is 427 g/mol. The molecule has 3 atom stereocenters. The van der Waals surface area contributed by atoms with Crippen LogP contribution >= 0.6 is 0 Å². The van der Waals surface area contributed by atoms with Crippen LogP contribution in [0, 0.1) is 5.92 Å². The summed E-state index contributed by atoms with van der Waals surface area (Å²) in [7, 11) is 1.54. The van der Waals surface area contributed by atoms with Crippen LogP contribution in [0.3, 0.4) is 0 Å². The quantitative estimate of drug-likeness (QED) is 0.671. The fourth-order valence-corrected chi connectivity index (χ4v) is 3.93. The molecule has 0 spiro atoms. The summed E-state index contributed by atoms with van der Waals surface area (Å²) in [6.45, 7) is 7.82. The Morgan fingerprint density at radius 1 is 1.13 bits per heavy atom. The number of hydrogen-bond acceptors (Lipinski definition) is 5. The summed E-state index contributed by atoms with van der Waals surface area (Å²) in [5.74, 6) is -0.272.